The van der Waals surface area contributed by atoms with E-state index in [1.54, 1.807) is 0 Å². The van der Waals surface area contributed by atoms with E-state index in [0.29, 0.717) is 0 Å². The van der Waals surface area contributed by atoms with Crippen LogP contribution < -0.4 is 0 Å². The van der Waals surface area contributed by atoms with Crippen LogP contribution in [-0.2, 0) is 17.1 Å². The van der Waals surface area contributed by atoms with Gasteiger partial charge in [0, 0.05) is 45.4 Å². The SMILES string of the molecule is O.O.[Al].[Fe].[Si]. The van der Waals surface area contributed by atoms with Gasteiger partial charge < -0.3 is 11.0 Å². The van der Waals surface area contributed by atoms with Crippen LogP contribution in [0.5, 0.6) is 0 Å². The van der Waals surface area contributed by atoms with E-state index < -0.39 is 0 Å². The molecule has 0 atom stereocenters. The third-order valence-corrected chi connectivity index (χ3v) is 0. The van der Waals surface area contributed by atoms with Crippen molar-refractivity contribution in [1.82, 2.24) is 0 Å². The van der Waals surface area contributed by atoms with Crippen LogP contribution in [-0.4, -0.2) is 39.3 Å². The molecule has 0 amide bonds. The van der Waals surface area contributed by atoms with Crippen molar-refractivity contribution in [3.63, 3.8) is 0 Å². The Hall–Kier alpha value is 1.19. The normalized spacial score (nSPS) is 0. The van der Waals surface area contributed by atoms with Crippen LogP contribution in [0.4, 0.5) is 0 Å². The molecule has 0 bridgehead atoms. The summed E-state index contributed by atoms with van der Waals surface area (Å²) in [5.41, 5.74) is 0. The summed E-state index contributed by atoms with van der Waals surface area (Å²) in [4.78, 5) is 0. The summed E-state index contributed by atoms with van der Waals surface area (Å²) in [7, 11) is 0. The van der Waals surface area contributed by atoms with Crippen LogP contribution in [0.25, 0.3) is 0 Å². The molecule has 0 aromatic carbocycles. The van der Waals surface area contributed by atoms with Gasteiger partial charge in [0.25, 0.3) is 0 Å². The molecule has 5 heteroatoms. The van der Waals surface area contributed by atoms with Crippen LogP contribution >= 0.6 is 0 Å². The molecule has 0 rings (SSSR count). The monoisotopic (exact) mass is 147 g/mol. The number of rotatable bonds is 0. The van der Waals surface area contributed by atoms with E-state index in [2.05, 4.69) is 0 Å². The average molecular weight is 147 g/mol. The Labute approximate surface area is 56.6 Å². The summed E-state index contributed by atoms with van der Waals surface area (Å²) < 4.78 is 0. The second kappa shape index (κ2) is 64.4. The summed E-state index contributed by atoms with van der Waals surface area (Å²) in [5, 5.41) is 0. The molecule has 0 unspecified atom stereocenters. The molecule has 0 aliphatic carbocycles. The molecule has 0 fully saturated rings. The van der Waals surface area contributed by atoms with Gasteiger partial charge >= 0.3 is 0 Å². The summed E-state index contributed by atoms with van der Waals surface area (Å²) in [6, 6.07) is 0. The summed E-state index contributed by atoms with van der Waals surface area (Å²) >= 11 is 0. The first-order valence-electron chi connectivity index (χ1n) is 0. The minimum atomic E-state index is 0. The fraction of sp³-hybridized carbons (Fsp3) is 0. The molecule has 2 nitrogen and oxygen atoms in total. The maximum absolute atomic E-state index is 0. The second-order valence-electron chi connectivity index (χ2n) is 0. The molecular formula is H4AlFeO2Si. The van der Waals surface area contributed by atoms with E-state index in [4.69, 9.17) is 0 Å². The third-order valence-electron chi connectivity index (χ3n) is 0. The first-order valence-corrected chi connectivity index (χ1v) is 0. The second-order valence-corrected chi connectivity index (χ2v) is 0. The van der Waals surface area contributed by atoms with Crippen molar-refractivity contribution in [1.29, 1.82) is 0 Å². The Kier molecular flexibility index (Phi) is 1520. The fourth-order valence-corrected chi connectivity index (χ4v) is 0. The standard InChI is InChI=1S/Al.Fe.2H2O.Si/h;;2*1H2;. The predicted molar refractivity (Wildman–Crippen MR) is 18.7 cm³/mol. The minimum Gasteiger partial charge on any atom is -0.412 e. The zero-order valence-electron chi connectivity index (χ0n) is 2.43. The Morgan fingerprint density at radius 3 is 0.800 bits per heavy atom. The quantitative estimate of drug-likeness (QED) is 0.342. The van der Waals surface area contributed by atoms with Gasteiger partial charge in [-0.25, -0.2) is 0 Å². The molecular weight excluding hydrogens is 143 g/mol. The summed E-state index contributed by atoms with van der Waals surface area (Å²) in [6.07, 6.45) is 0. The van der Waals surface area contributed by atoms with E-state index in [-0.39, 0.29) is 56.3 Å². The smallest absolute Gasteiger partial charge is 0 e. The molecule has 0 aliphatic rings. The number of hydrogen-bond donors (Lipinski definition) is 0. The van der Waals surface area contributed by atoms with Crippen LogP contribution in [0.2, 0.25) is 0 Å². The molecule has 0 saturated carbocycles. The van der Waals surface area contributed by atoms with Gasteiger partial charge in [-0.2, -0.15) is 0 Å². The topological polar surface area (TPSA) is 63.0 Å². The van der Waals surface area contributed by atoms with Crippen LogP contribution in [0.1, 0.15) is 0 Å². The number of hydrogen-bond acceptors (Lipinski definition) is 0. The Bertz CT molecular complexity index is 9.61. The first kappa shape index (κ1) is 118. The average Bonchev–Trinajstić information content (AvgIpc) is 0. The Balaban J connectivity index is 0. The molecule has 0 aliphatic heterocycles. The van der Waals surface area contributed by atoms with Crippen molar-refractivity contribution in [2.75, 3.05) is 0 Å². The zero-order chi connectivity index (χ0) is 0. The molecule has 5 heavy (non-hydrogen) atoms. The van der Waals surface area contributed by atoms with Crippen molar-refractivity contribution in [3.8, 4) is 0 Å². The minimum absolute atomic E-state index is 0. The first-order chi connectivity index (χ1) is 0. The van der Waals surface area contributed by atoms with Gasteiger partial charge in [0.05, 0.1) is 0 Å². The predicted octanol–water partition coefficient (Wildman–Crippen LogP) is -2.41. The summed E-state index contributed by atoms with van der Waals surface area (Å²) in [6.45, 7) is 0. The molecule has 0 aromatic heterocycles. The van der Waals surface area contributed by atoms with Crippen LogP contribution in [0, 0.1) is 0 Å². The largest absolute Gasteiger partial charge is 0.412 e. The van der Waals surface area contributed by atoms with E-state index in [9.17, 15) is 0 Å². The Morgan fingerprint density at radius 1 is 0.800 bits per heavy atom. The maximum Gasteiger partial charge on any atom is 0 e. The van der Waals surface area contributed by atoms with Gasteiger partial charge in [-0.15, -0.1) is 0 Å². The molecule has 0 aromatic rings. The van der Waals surface area contributed by atoms with Crippen molar-refractivity contribution >= 4 is 28.3 Å². The van der Waals surface area contributed by atoms with Gasteiger partial charge in [-0.1, -0.05) is 0 Å². The fourth-order valence-electron chi connectivity index (χ4n) is 0. The van der Waals surface area contributed by atoms with Crippen molar-refractivity contribution < 1.29 is 28.0 Å². The zero-order valence-corrected chi connectivity index (χ0v) is 5.69. The van der Waals surface area contributed by atoms with Gasteiger partial charge in [0.1, 0.15) is 0 Å². The molecule has 4 N–H and O–H groups in total. The van der Waals surface area contributed by atoms with Crippen molar-refractivity contribution in [3.05, 3.63) is 0 Å². The van der Waals surface area contributed by atoms with Crippen LogP contribution in [0.15, 0.2) is 0 Å². The van der Waals surface area contributed by atoms with Gasteiger partial charge in [0.15, 0.2) is 0 Å². The van der Waals surface area contributed by atoms with Crippen molar-refractivity contribution in [2.45, 2.75) is 0 Å². The summed E-state index contributed by atoms with van der Waals surface area (Å²) in [5.74, 6) is 0. The molecule has 0 heterocycles. The third kappa shape index (κ3) is 37.3. The van der Waals surface area contributed by atoms with Gasteiger partial charge in [-0.3, -0.25) is 0 Å². The van der Waals surface area contributed by atoms with Crippen molar-refractivity contribution in [2.24, 2.45) is 0 Å². The van der Waals surface area contributed by atoms with Gasteiger partial charge in [-0.05, 0) is 0 Å². The molecule has 0 saturated heterocycles. The van der Waals surface area contributed by atoms with Gasteiger partial charge in [0.2, 0.25) is 0 Å². The van der Waals surface area contributed by atoms with E-state index in [1.165, 1.54) is 0 Å². The molecule has 7 radical (unpaired) electrons. The maximum atomic E-state index is 0. The molecule has 31 valence electrons. The van der Waals surface area contributed by atoms with E-state index in [0.717, 1.165) is 0 Å². The van der Waals surface area contributed by atoms with Crippen LogP contribution in [0.3, 0.4) is 0 Å². The molecule has 0 spiro atoms. The van der Waals surface area contributed by atoms with E-state index in [1.807, 2.05) is 0 Å². The Morgan fingerprint density at radius 2 is 0.800 bits per heavy atom. The van der Waals surface area contributed by atoms with E-state index >= 15 is 0 Å².